The van der Waals surface area contributed by atoms with Gasteiger partial charge in [0.2, 0.25) is 0 Å². The molecule has 1 saturated carbocycles. The fourth-order valence-corrected chi connectivity index (χ4v) is 2.81. The standard InChI is InChI=1S/C14H16O4/c1-8-6-10(13(15)16)12(9-4-2-3-5-9)11(7-8)14(17)18/h6-7,9H,2-5H2,1H3,(H,15,16)(H,17,18). The van der Waals surface area contributed by atoms with Crippen LogP contribution in [0.5, 0.6) is 0 Å². The fraction of sp³-hybridized carbons (Fsp3) is 0.429. The molecule has 0 amide bonds. The Bertz CT molecular complexity index is 464. The van der Waals surface area contributed by atoms with Crippen molar-refractivity contribution in [1.29, 1.82) is 0 Å². The summed E-state index contributed by atoms with van der Waals surface area (Å²) in [6, 6.07) is 3.14. The average Bonchev–Trinajstić information content (AvgIpc) is 2.80. The van der Waals surface area contributed by atoms with E-state index >= 15 is 0 Å². The van der Waals surface area contributed by atoms with Gasteiger partial charge in [0.05, 0.1) is 11.1 Å². The molecule has 0 radical (unpaired) electrons. The molecule has 4 heteroatoms. The third kappa shape index (κ3) is 2.23. The first-order chi connectivity index (χ1) is 8.50. The molecule has 1 fully saturated rings. The molecule has 0 saturated heterocycles. The lowest BCUT2D eigenvalue weighted by Gasteiger charge is -2.17. The van der Waals surface area contributed by atoms with E-state index in [-0.39, 0.29) is 17.0 Å². The summed E-state index contributed by atoms with van der Waals surface area (Å²) in [7, 11) is 0. The van der Waals surface area contributed by atoms with Crippen molar-refractivity contribution in [2.45, 2.75) is 38.5 Å². The van der Waals surface area contributed by atoms with Crippen molar-refractivity contribution in [2.75, 3.05) is 0 Å². The Balaban J connectivity index is 2.64. The van der Waals surface area contributed by atoms with E-state index in [0.717, 1.165) is 25.7 Å². The van der Waals surface area contributed by atoms with Crippen LogP contribution in [0.25, 0.3) is 0 Å². The van der Waals surface area contributed by atoms with Crippen LogP contribution in [0.2, 0.25) is 0 Å². The molecule has 96 valence electrons. The van der Waals surface area contributed by atoms with Crippen molar-refractivity contribution in [3.8, 4) is 0 Å². The zero-order valence-corrected chi connectivity index (χ0v) is 10.3. The number of aromatic carboxylic acids is 2. The maximum atomic E-state index is 11.3. The maximum Gasteiger partial charge on any atom is 0.336 e. The van der Waals surface area contributed by atoms with Crippen LogP contribution in [0.1, 0.15) is 63.4 Å². The van der Waals surface area contributed by atoms with E-state index in [2.05, 4.69) is 0 Å². The number of benzene rings is 1. The Morgan fingerprint density at radius 3 is 1.89 bits per heavy atom. The lowest BCUT2D eigenvalue weighted by Crippen LogP contribution is -2.13. The zero-order chi connectivity index (χ0) is 13.3. The molecule has 2 rings (SSSR count). The van der Waals surface area contributed by atoms with E-state index in [4.69, 9.17) is 0 Å². The average molecular weight is 248 g/mol. The third-order valence-corrected chi connectivity index (χ3v) is 3.55. The van der Waals surface area contributed by atoms with E-state index < -0.39 is 11.9 Å². The monoisotopic (exact) mass is 248 g/mol. The van der Waals surface area contributed by atoms with Crippen LogP contribution in [0.4, 0.5) is 0 Å². The van der Waals surface area contributed by atoms with E-state index in [0.29, 0.717) is 11.1 Å². The minimum absolute atomic E-state index is 0.0720. The topological polar surface area (TPSA) is 74.6 Å². The molecule has 1 aliphatic carbocycles. The van der Waals surface area contributed by atoms with Crippen LogP contribution in [-0.4, -0.2) is 22.2 Å². The van der Waals surface area contributed by atoms with Gasteiger partial charge in [0.15, 0.2) is 0 Å². The van der Waals surface area contributed by atoms with Crippen LogP contribution in [0, 0.1) is 6.92 Å². The largest absolute Gasteiger partial charge is 0.478 e. The van der Waals surface area contributed by atoms with Crippen LogP contribution < -0.4 is 0 Å². The summed E-state index contributed by atoms with van der Waals surface area (Å²) < 4.78 is 0. The first-order valence-corrected chi connectivity index (χ1v) is 6.12. The number of hydrogen-bond donors (Lipinski definition) is 2. The SMILES string of the molecule is Cc1cc(C(=O)O)c(C2CCCC2)c(C(=O)O)c1. The van der Waals surface area contributed by atoms with Gasteiger partial charge < -0.3 is 10.2 Å². The van der Waals surface area contributed by atoms with Crippen molar-refractivity contribution in [3.63, 3.8) is 0 Å². The van der Waals surface area contributed by atoms with Crippen molar-refractivity contribution in [2.24, 2.45) is 0 Å². The highest BCUT2D eigenvalue weighted by atomic mass is 16.4. The summed E-state index contributed by atoms with van der Waals surface area (Å²) in [5, 5.41) is 18.5. The van der Waals surface area contributed by atoms with Crippen LogP contribution in [-0.2, 0) is 0 Å². The highest BCUT2D eigenvalue weighted by Gasteiger charge is 2.27. The number of rotatable bonds is 3. The van der Waals surface area contributed by atoms with Gasteiger partial charge in [-0.05, 0) is 48.9 Å². The Morgan fingerprint density at radius 2 is 1.50 bits per heavy atom. The van der Waals surface area contributed by atoms with Crippen molar-refractivity contribution < 1.29 is 19.8 Å². The molecule has 1 aromatic carbocycles. The van der Waals surface area contributed by atoms with Gasteiger partial charge in [-0.1, -0.05) is 12.8 Å². The van der Waals surface area contributed by atoms with Gasteiger partial charge in [0.25, 0.3) is 0 Å². The van der Waals surface area contributed by atoms with Gasteiger partial charge in [-0.2, -0.15) is 0 Å². The van der Waals surface area contributed by atoms with E-state index in [1.54, 1.807) is 19.1 Å². The minimum atomic E-state index is -1.04. The Morgan fingerprint density at radius 1 is 1.06 bits per heavy atom. The summed E-state index contributed by atoms with van der Waals surface area (Å²) in [6.07, 6.45) is 3.83. The molecule has 0 aliphatic heterocycles. The second-order valence-corrected chi connectivity index (χ2v) is 4.87. The van der Waals surface area contributed by atoms with Crippen molar-refractivity contribution in [1.82, 2.24) is 0 Å². The van der Waals surface area contributed by atoms with Gasteiger partial charge in [0.1, 0.15) is 0 Å². The van der Waals surface area contributed by atoms with Crippen LogP contribution in [0.3, 0.4) is 0 Å². The predicted octanol–water partition coefficient (Wildman–Crippen LogP) is 3.05. The molecule has 0 spiro atoms. The predicted molar refractivity (Wildman–Crippen MR) is 66.3 cm³/mol. The minimum Gasteiger partial charge on any atom is -0.478 e. The van der Waals surface area contributed by atoms with Crippen LogP contribution in [0.15, 0.2) is 12.1 Å². The summed E-state index contributed by atoms with van der Waals surface area (Å²) in [5.74, 6) is -2.01. The summed E-state index contributed by atoms with van der Waals surface area (Å²) >= 11 is 0. The molecule has 0 aromatic heterocycles. The molecule has 1 aromatic rings. The number of hydrogen-bond acceptors (Lipinski definition) is 2. The highest BCUT2D eigenvalue weighted by molar-refractivity contribution is 5.97. The smallest absolute Gasteiger partial charge is 0.336 e. The molecular weight excluding hydrogens is 232 g/mol. The van der Waals surface area contributed by atoms with E-state index in [1.165, 1.54) is 0 Å². The summed E-state index contributed by atoms with van der Waals surface area (Å²) in [6.45, 7) is 1.72. The zero-order valence-electron chi connectivity index (χ0n) is 10.3. The van der Waals surface area contributed by atoms with E-state index in [9.17, 15) is 19.8 Å². The Hall–Kier alpha value is -1.84. The molecular formula is C14H16O4. The Kier molecular flexibility index (Phi) is 3.36. The molecule has 0 atom stereocenters. The number of carboxylic acids is 2. The lowest BCUT2D eigenvalue weighted by molar-refractivity contribution is 0.0694. The molecule has 0 unspecified atom stereocenters. The molecule has 2 N–H and O–H groups in total. The second kappa shape index (κ2) is 4.80. The first kappa shape index (κ1) is 12.6. The van der Waals surface area contributed by atoms with Gasteiger partial charge in [0, 0.05) is 0 Å². The maximum absolute atomic E-state index is 11.3. The van der Waals surface area contributed by atoms with Gasteiger partial charge in [-0.3, -0.25) is 0 Å². The van der Waals surface area contributed by atoms with Gasteiger partial charge in [-0.15, -0.1) is 0 Å². The summed E-state index contributed by atoms with van der Waals surface area (Å²) in [5.41, 5.74) is 1.49. The molecule has 4 nitrogen and oxygen atoms in total. The quantitative estimate of drug-likeness (QED) is 0.862. The number of carbonyl (C=O) groups is 2. The molecule has 0 bridgehead atoms. The second-order valence-electron chi connectivity index (χ2n) is 4.87. The normalized spacial score (nSPS) is 15.8. The molecule has 18 heavy (non-hydrogen) atoms. The third-order valence-electron chi connectivity index (χ3n) is 3.55. The van der Waals surface area contributed by atoms with Crippen molar-refractivity contribution >= 4 is 11.9 Å². The number of aryl methyl sites for hydroxylation is 1. The molecule has 0 heterocycles. The van der Waals surface area contributed by atoms with Crippen molar-refractivity contribution in [3.05, 3.63) is 34.4 Å². The number of carboxylic acid groups (broad SMARTS) is 2. The Labute approximate surface area is 105 Å². The van der Waals surface area contributed by atoms with E-state index in [1.807, 2.05) is 0 Å². The van der Waals surface area contributed by atoms with Crippen LogP contribution >= 0.6 is 0 Å². The summed E-state index contributed by atoms with van der Waals surface area (Å²) in [4.78, 5) is 22.6. The van der Waals surface area contributed by atoms with Gasteiger partial charge in [-0.25, -0.2) is 9.59 Å². The fourth-order valence-electron chi connectivity index (χ4n) is 2.81. The van der Waals surface area contributed by atoms with Gasteiger partial charge >= 0.3 is 11.9 Å². The molecule has 1 aliphatic rings. The highest BCUT2D eigenvalue weighted by Crippen LogP contribution is 2.38. The first-order valence-electron chi connectivity index (χ1n) is 6.12. The lowest BCUT2D eigenvalue weighted by atomic mass is 9.87.